The molecule has 10 heteroatoms. The number of benzene rings is 2. The summed E-state index contributed by atoms with van der Waals surface area (Å²) in [6.45, 7) is 0.0235. The van der Waals surface area contributed by atoms with Crippen LogP contribution in [0.3, 0.4) is 0 Å². The maximum absolute atomic E-state index is 13.1. The fourth-order valence-electron chi connectivity index (χ4n) is 3.41. The van der Waals surface area contributed by atoms with Crippen LogP contribution in [0.25, 0.3) is 17.0 Å². The molecule has 0 saturated carbocycles. The highest BCUT2D eigenvalue weighted by Gasteiger charge is 2.28. The van der Waals surface area contributed by atoms with Gasteiger partial charge in [-0.25, -0.2) is 9.59 Å². The van der Waals surface area contributed by atoms with Crippen molar-refractivity contribution in [3.05, 3.63) is 94.2 Å². The van der Waals surface area contributed by atoms with Crippen molar-refractivity contribution < 1.29 is 38.1 Å². The van der Waals surface area contributed by atoms with Gasteiger partial charge in [0.2, 0.25) is 6.10 Å². The molecule has 1 amide bonds. The van der Waals surface area contributed by atoms with Crippen LogP contribution in [-0.2, 0) is 20.9 Å². The van der Waals surface area contributed by atoms with Gasteiger partial charge in [-0.2, -0.15) is 0 Å². The molecular formula is C26H21NO9. The molecule has 0 aliphatic rings. The summed E-state index contributed by atoms with van der Waals surface area (Å²) in [4.78, 5) is 38.1. The van der Waals surface area contributed by atoms with Gasteiger partial charge in [0.15, 0.2) is 11.5 Å². The number of ether oxygens (including phenoxy) is 2. The van der Waals surface area contributed by atoms with Gasteiger partial charge in [-0.3, -0.25) is 4.79 Å². The topological polar surface area (TPSA) is 148 Å². The second kappa shape index (κ2) is 10.5. The standard InChI is InChI=1S/C26H21NO9/c1-33-16-6-7-18-19(13-24(31)35-22(18)12-16)25(26(32)27-14-17-3-2-10-34-17)36-23(30)9-5-15-4-8-20(28)21(29)11-15/h2-13,25,28-29H,14H2,1H3,(H,27,32)/b9-5-. The number of furan rings is 1. The Balaban J connectivity index is 1.66. The molecule has 0 fully saturated rings. The highest BCUT2D eigenvalue weighted by molar-refractivity contribution is 5.94. The normalized spacial score (nSPS) is 11.9. The summed E-state index contributed by atoms with van der Waals surface area (Å²) in [6.07, 6.45) is 2.33. The zero-order valence-corrected chi connectivity index (χ0v) is 19.0. The van der Waals surface area contributed by atoms with Gasteiger partial charge in [-0.05, 0) is 48.0 Å². The van der Waals surface area contributed by atoms with Gasteiger partial charge in [0, 0.05) is 29.2 Å². The van der Waals surface area contributed by atoms with Gasteiger partial charge in [0.05, 0.1) is 19.9 Å². The summed E-state index contributed by atoms with van der Waals surface area (Å²) in [6, 6.07) is 13.1. The van der Waals surface area contributed by atoms with Crippen LogP contribution in [0.2, 0.25) is 0 Å². The van der Waals surface area contributed by atoms with Crippen LogP contribution in [0.5, 0.6) is 17.2 Å². The van der Waals surface area contributed by atoms with Crippen molar-refractivity contribution in [2.24, 2.45) is 0 Å². The summed E-state index contributed by atoms with van der Waals surface area (Å²) < 4.78 is 21.1. The Morgan fingerprint density at radius 1 is 1.08 bits per heavy atom. The Labute approximate surface area is 204 Å². The van der Waals surface area contributed by atoms with E-state index in [2.05, 4.69) is 5.32 Å². The molecule has 0 radical (unpaired) electrons. The second-order valence-corrected chi connectivity index (χ2v) is 7.58. The average molecular weight is 491 g/mol. The number of phenols is 2. The van der Waals surface area contributed by atoms with Crippen molar-refractivity contribution in [3.8, 4) is 17.2 Å². The van der Waals surface area contributed by atoms with Crippen LogP contribution in [-0.4, -0.2) is 29.2 Å². The smallest absolute Gasteiger partial charge is 0.336 e. The lowest BCUT2D eigenvalue weighted by atomic mass is 10.0. The van der Waals surface area contributed by atoms with E-state index in [1.807, 2.05) is 0 Å². The van der Waals surface area contributed by atoms with E-state index in [4.69, 9.17) is 18.3 Å². The summed E-state index contributed by atoms with van der Waals surface area (Å²) in [5.74, 6) is -1.36. The van der Waals surface area contributed by atoms with E-state index in [0.29, 0.717) is 22.5 Å². The van der Waals surface area contributed by atoms with Crippen LogP contribution in [0.4, 0.5) is 0 Å². The first-order valence-corrected chi connectivity index (χ1v) is 10.7. The van der Waals surface area contributed by atoms with E-state index in [-0.39, 0.29) is 29.2 Å². The first kappa shape index (κ1) is 24.1. The zero-order chi connectivity index (χ0) is 25.7. The first-order chi connectivity index (χ1) is 17.3. The fourth-order valence-corrected chi connectivity index (χ4v) is 3.41. The molecule has 36 heavy (non-hydrogen) atoms. The predicted octanol–water partition coefficient (Wildman–Crippen LogP) is 3.42. The Morgan fingerprint density at radius 3 is 2.64 bits per heavy atom. The van der Waals surface area contributed by atoms with Crippen molar-refractivity contribution in [3.63, 3.8) is 0 Å². The number of carbonyl (C=O) groups is 2. The fraction of sp³-hybridized carbons (Fsp3) is 0.115. The third kappa shape index (κ3) is 5.55. The van der Waals surface area contributed by atoms with Crippen LogP contribution in [0.15, 0.2) is 80.6 Å². The molecule has 0 spiro atoms. The predicted molar refractivity (Wildman–Crippen MR) is 127 cm³/mol. The largest absolute Gasteiger partial charge is 0.504 e. The SMILES string of the molecule is COc1ccc2c(C(OC(=O)/C=C\c3ccc(O)c(O)c3)C(=O)NCc3ccco3)cc(=O)oc2c1. The lowest BCUT2D eigenvalue weighted by Gasteiger charge is -2.18. The number of nitrogens with one attached hydrogen (secondary N) is 1. The molecule has 0 aliphatic heterocycles. The highest BCUT2D eigenvalue weighted by Crippen LogP contribution is 2.29. The molecule has 2 heterocycles. The number of methoxy groups -OCH3 is 1. The Hall–Kier alpha value is -4.99. The van der Waals surface area contributed by atoms with Gasteiger partial charge in [0.1, 0.15) is 17.1 Å². The lowest BCUT2D eigenvalue weighted by Crippen LogP contribution is -2.32. The number of carbonyl (C=O) groups excluding carboxylic acids is 2. The van der Waals surface area contributed by atoms with E-state index >= 15 is 0 Å². The minimum atomic E-state index is -1.51. The number of aromatic hydroxyl groups is 2. The number of fused-ring (bicyclic) bond motifs is 1. The molecule has 4 aromatic rings. The number of phenolic OH excluding ortho intramolecular Hbond substituents is 2. The van der Waals surface area contributed by atoms with Gasteiger partial charge < -0.3 is 33.8 Å². The van der Waals surface area contributed by atoms with Crippen molar-refractivity contribution >= 4 is 28.9 Å². The Bertz CT molecular complexity index is 1490. The summed E-state index contributed by atoms with van der Waals surface area (Å²) >= 11 is 0. The van der Waals surface area contributed by atoms with Crippen LogP contribution < -0.4 is 15.7 Å². The van der Waals surface area contributed by atoms with Crippen LogP contribution >= 0.6 is 0 Å². The highest BCUT2D eigenvalue weighted by atomic mass is 16.5. The number of hydrogen-bond acceptors (Lipinski definition) is 9. The van der Waals surface area contributed by atoms with Crippen LogP contribution in [0, 0.1) is 0 Å². The molecule has 0 saturated heterocycles. The number of amides is 1. The maximum Gasteiger partial charge on any atom is 0.336 e. The first-order valence-electron chi connectivity index (χ1n) is 10.7. The molecule has 10 nitrogen and oxygen atoms in total. The van der Waals surface area contributed by atoms with Gasteiger partial charge in [-0.1, -0.05) is 6.07 Å². The summed E-state index contributed by atoms with van der Waals surface area (Å²) in [5.41, 5.74) is -0.0866. The van der Waals surface area contributed by atoms with Gasteiger partial charge in [-0.15, -0.1) is 0 Å². The van der Waals surface area contributed by atoms with E-state index in [0.717, 1.165) is 12.1 Å². The molecular weight excluding hydrogens is 470 g/mol. The van der Waals surface area contributed by atoms with E-state index in [1.165, 1.54) is 43.7 Å². The van der Waals surface area contributed by atoms with E-state index in [1.54, 1.807) is 24.3 Å². The minimum absolute atomic E-state index is 0.0235. The Morgan fingerprint density at radius 2 is 1.92 bits per heavy atom. The van der Waals surface area contributed by atoms with Crippen molar-refractivity contribution in [1.82, 2.24) is 5.32 Å². The number of hydrogen-bond donors (Lipinski definition) is 3. The third-order valence-corrected chi connectivity index (χ3v) is 5.17. The molecule has 4 rings (SSSR count). The average Bonchev–Trinajstić information content (AvgIpc) is 3.39. The van der Waals surface area contributed by atoms with Gasteiger partial charge in [0.25, 0.3) is 5.91 Å². The van der Waals surface area contributed by atoms with Gasteiger partial charge >= 0.3 is 11.6 Å². The quantitative estimate of drug-likeness (QED) is 0.146. The van der Waals surface area contributed by atoms with E-state index < -0.39 is 23.6 Å². The molecule has 1 atom stereocenters. The Kier molecular flexibility index (Phi) is 7.05. The molecule has 2 aromatic carbocycles. The second-order valence-electron chi connectivity index (χ2n) is 7.58. The molecule has 1 unspecified atom stereocenters. The minimum Gasteiger partial charge on any atom is -0.504 e. The van der Waals surface area contributed by atoms with Crippen molar-refractivity contribution in [1.29, 1.82) is 0 Å². The lowest BCUT2D eigenvalue weighted by molar-refractivity contribution is -0.151. The molecule has 184 valence electrons. The van der Waals surface area contributed by atoms with Crippen LogP contribution in [0.1, 0.15) is 23.0 Å². The summed E-state index contributed by atoms with van der Waals surface area (Å²) in [7, 11) is 1.45. The van der Waals surface area contributed by atoms with E-state index in [9.17, 15) is 24.6 Å². The zero-order valence-electron chi connectivity index (χ0n) is 19.0. The maximum atomic E-state index is 13.1. The monoisotopic (exact) mass is 491 g/mol. The van der Waals surface area contributed by atoms with Crippen molar-refractivity contribution in [2.75, 3.05) is 7.11 Å². The molecule has 2 aromatic heterocycles. The van der Waals surface area contributed by atoms with Crippen molar-refractivity contribution in [2.45, 2.75) is 12.6 Å². The molecule has 0 bridgehead atoms. The molecule has 3 N–H and O–H groups in total. The number of esters is 1. The summed E-state index contributed by atoms with van der Waals surface area (Å²) in [5, 5.41) is 22.1. The molecule has 0 aliphatic carbocycles. The number of rotatable bonds is 8. The third-order valence-electron chi connectivity index (χ3n) is 5.17.